The van der Waals surface area contributed by atoms with E-state index in [1.54, 1.807) is 7.11 Å². The van der Waals surface area contributed by atoms with Gasteiger partial charge in [0.05, 0.1) is 7.11 Å². The number of nitrogens with zero attached hydrogens (tertiary/aromatic N) is 1. The number of ether oxygens (including phenoxy) is 1. The van der Waals surface area contributed by atoms with Gasteiger partial charge in [0.1, 0.15) is 5.75 Å². The minimum atomic E-state index is 0.00720. The second kappa shape index (κ2) is 8.11. The van der Waals surface area contributed by atoms with Crippen molar-refractivity contribution in [3.63, 3.8) is 0 Å². The number of hydrogen-bond donors (Lipinski definition) is 1. The lowest BCUT2D eigenvalue weighted by Gasteiger charge is -2.22. The van der Waals surface area contributed by atoms with Crippen molar-refractivity contribution in [2.45, 2.75) is 32.2 Å². The largest absolute Gasteiger partial charge is 0.496 e. The molecule has 3 nitrogen and oxygen atoms in total. The van der Waals surface area contributed by atoms with Crippen LogP contribution in [0.5, 0.6) is 5.75 Å². The van der Waals surface area contributed by atoms with Crippen LogP contribution in [0.15, 0.2) is 24.3 Å². The molecule has 1 atom stereocenters. The van der Waals surface area contributed by atoms with Gasteiger partial charge in [-0.1, -0.05) is 38.0 Å². The lowest BCUT2D eigenvalue weighted by Crippen LogP contribution is -2.30. The fraction of sp³-hybridized carbons (Fsp3) is 0.600. The Morgan fingerprint density at radius 3 is 2.67 bits per heavy atom. The van der Waals surface area contributed by atoms with E-state index in [1.165, 1.54) is 19.3 Å². The second-order valence-electron chi connectivity index (χ2n) is 4.82. The number of rotatable bonds is 8. The minimum Gasteiger partial charge on any atom is -0.496 e. The topological polar surface area (TPSA) is 38.5 Å². The Labute approximate surface area is 111 Å². The number of likely N-dealkylation sites (N-methyl/N-ethyl adjacent to an activating group) is 1. The van der Waals surface area contributed by atoms with Gasteiger partial charge in [-0.2, -0.15) is 0 Å². The molecule has 1 aromatic carbocycles. The fourth-order valence-corrected chi connectivity index (χ4v) is 2.13. The first-order chi connectivity index (χ1) is 8.69. The third-order valence-corrected chi connectivity index (χ3v) is 3.19. The molecule has 3 heteroatoms. The molecular formula is C15H26N2O. The average Bonchev–Trinajstić information content (AvgIpc) is 2.39. The van der Waals surface area contributed by atoms with Crippen molar-refractivity contribution >= 4 is 0 Å². The van der Waals surface area contributed by atoms with Gasteiger partial charge in [0.15, 0.2) is 0 Å². The zero-order valence-corrected chi connectivity index (χ0v) is 11.9. The summed E-state index contributed by atoms with van der Waals surface area (Å²) in [5, 5.41) is 0. The van der Waals surface area contributed by atoms with Gasteiger partial charge in [-0.25, -0.2) is 0 Å². The zero-order valence-electron chi connectivity index (χ0n) is 11.9. The van der Waals surface area contributed by atoms with Gasteiger partial charge >= 0.3 is 0 Å². The van der Waals surface area contributed by atoms with Crippen LogP contribution in [0.25, 0.3) is 0 Å². The van der Waals surface area contributed by atoms with Crippen molar-refractivity contribution in [2.24, 2.45) is 5.73 Å². The summed E-state index contributed by atoms with van der Waals surface area (Å²) in [5.74, 6) is 0.881. The van der Waals surface area contributed by atoms with Gasteiger partial charge in [-0.15, -0.1) is 0 Å². The van der Waals surface area contributed by atoms with E-state index in [4.69, 9.17) is 10.5 Å². The van der Waals surface area contributed by atoms with Crippen molar-refractivity contribution in [1.29, 1.82) is 0 Å². The first-order valence-electron chi connectivity index (χ1n) is 6.76. The molecule has 0 amide bonds. The predicted octanol–water partition coefficient (Wildman–Crippen LogP) is 2.82. The SMILES string of the molecule is CCCCCN(C)CC(N)c1ccccc1OC. The molecule has 18 heavy (non-hydrogen) atoms. The molecule has 0 fully saturated rings. The zero-order chi connectivity index (χ0) is 13.4. The van der Waals surface area contributed by atoms with Crippen LogP contribution in [-0.2, 0) is 0 Å². The number of para-hydroxylation sites is 1. The van der Waals surface area contributed by atoms with Crippen molar-refractivity contribution in [2.75, 3.05) is 27.2 Å². The summed E-state index contributed by atoms with van der Waals surface area (Å²) in [6, 6.07) is 8.00. The van der Waals surface area contributed by atoms with Crippen LogP contribution in [-0.4, -0.2) is 32.1 Å². The molecule has 0 radical (unpaired) electrons. The van der Waals surface area contributed by atoms with Gasteiger partial charge < -0.3 is 15.4 Å². The lowest BCUT2D eigenvalue weighted by molar-refractivity contribution is 0.301. The molecule has 0 aromatic heterocycles. The van der Waals surface area contributed by atoms with Crippen LogP contribution >= 0.6 is 0 Å². The number of nitrogens with two attached hydrogens (primary N) is 1. The second-order valence-corrected chi connectivity index (χ2v) is 4.82. The van der Waals surface area contributed by atoms with Crippen LogP contribution in [0.3, 0.4) is 0 Å². The smallest absolute Gasteiger partial charge is 0.123 e. The molecule has 0 aliphatic rings. The Morgan fingerprint density at radius 2 is 2.00 bits per heavy atom. The van der Waals surface area contributed by atoms with Crippen molar-refractivity contribution in [3.8, 4) is 5.75 Å². The Balaban J connectivity index is 2.51. The number of hydrogen-bond acceptors (Lipinski definition) is 3. The van der Waals surface area contributed by atoms with Crippen molar-refractivity contribution < 1.29 is 4.74 Å². The van der Waals surface area contributed by atoms with Crippen molar-refractivity contribution in [1.82, 2.24) is 4.90 Å². The molecule has 102 valence electrons. The third-order valence-electron chi connectivity index (χ3n) is 3.19. The quantitative estimate of drug-likeness (QED) is 0.721. The maximum absolute atomic E-state index is 6.25. The number of benzene rings is 1. The van der Waals surface area contributed by atoms with E-state index in [-0.39, 0.29) is 6.04 Å². The van der Waals surface area contributed by atoms with E-state index in [0.717, 1.165) is 24.4 Å². The molecular weight excluding hydrogens is 224 g/mol. The molecule has 1 aromatic rings. The molecule has 0 saturated heterocycles. The van der Waals surface area contributed by atoms with Gasteiger partial charge in [0.2, 0.25) is 0 Å². The Bertz CT molecular complexity index is 341. The first-order valence-corrected chi connectivity index (χ1v) is 6.76. The van der Waals surface area contributed by atoms with E-state index in [0.29, 0.717) is 0 Å². The molecule has 0 heterocycles. The molecule has 0 saturated carbocycles. The Hall–Kier alpha value is -1.06. The van der Waals surface area contributed by atoms with Crippen LogP contribution in [0.1, 0.15) is 37.8 Å². The summed E-state index contributed by atoms with van der Waals surface area (Å²) in [6.07, 6.45) is 3.78. The van der Waals surface area contributed by atoms with E-state index in [9.17, 15) is 0 Å². The normalized spacial score (nSPS) is 12.7. The summed E-state index contributed by atoms with van der Waals surface area (Å²) in [5.41, 5.74) is 7.34. The predicted molar refractivity (Wildman–Crippen MR) is 76.9 cm³/mol. The van der Waals surface area contributed by atoms with Crippen LogP contribution in [0, 0.1) is 0 Å². The monoisotopic (exact) mass is 250 g/mol. The van der Waals surface area contributed by atoms with Gasteiger partial charge in [0, 0.05) is 18.2 Å². The Morgan fingerprint density at radius 1 is 1.28 bits per heavy atom. The van der Waals surface area contributed by atoms with Gasteiger partial charge in [-0.3, -0.25) is 0 Å². The lowest BCUT2D eigenvalue weighted by atomic mass is 10.1. The van der Waals surface area contributed by atoms with E-state index < -0.39 is 0 Å². The fourth-order valence-electron chi connectivity index (χ4n) is 2.13. The van der Waals surface area contributed by atoms with Crippen LogP contribution in [0.4, 0.5) is 0 Å². The third kappa shape index (κ3) is 4.67. The first kappa shape index (κ1) is 15.0. The maximum atomic E-state index is 6.25. The molecule has 1 rings (SSSR count). The minimum absolute atomic E-state index is 0.00720. The van der Waals surface area contributed by atoms with Crippen molar-refractivity contribution in [3.05, 3.63) is 29.8 Å². The highest BCUT2D eigenvalue weighted by molar-refractivity contribution is 5.35. The number of methoxy groups -OCH3 is 1. The van der Waals surface area contributed by atoms with E-state index in [1.807, 2.05) is 24.3 Å². The molecule has 0 aliphatic heterocycles. The molecule has 1 unspecified atom stereocenters. The summed E-state index contributed by atoms with van der Waals surface area (Å²) >= 11 is 0. The van der Waals surface area contributed by atoms with E-state index >= 15 is 0 Å². The highest BCUT2D eigenvalue weighted by Crippen LogP contribution is 2.23. The molecule has 0 aliphatic carbocycles. The summed E-state index contributed by atoms with van der Waals surface area (Å²) in [4.78, 5) is 2.30. The Kier molecular flexibility index (Phi) is 6.76. The average molecular weight is 250 g/mol. The van der Waals surface area contributed by atoms with E-state index in [2.05, 4.69) is 18.9 Å². The molecule has 2 N–H and O–H groups in total. The highest BCUT2D eigenvalue weighted by atomic mass is 16.5. The van der Waals surface area contributed by atoms with Crippen LogP contribution in [0.2, 0.25) is 0 Å². The number of unbranched alkanes of at least 4 members (excludes halogenated alkanes) is 2. The van der Waals surface area contributed by atoms with Gasteiger partial charge in [-0.05, 0) is 26.1 Å². The summed E-state index contributed by atoms with van der Waals surface area (Å²) < 4.78 is 5.35. The maximum Gasteiger partial charge on any atom is 0.123 e. The standard InChI is InChI=1S/C15H26N2O/c1-4-5-8-11-17(2)12-14(16)13-9-6-7-10-15(13)18-3/h6-7,9-10,14H,4-5,8,11-12,16H2,1-3H3. The highest BCUT2D eigenvalue weighted by Gasteiger charge is 2.13. The molecule has 0 bridgehead atoms. The van der Waals surface area contributed by atoms with Gasteiger partial charge in [0.25, 0.3) is 0 Å². The van der Waals surface area contributed by atoms with Crippen LogP contribution < -0.4 is 10.5 Å². The summed E-state index contributed by atoms with van der Waals surface area (Å²) in [7, 11) is 3.82. The molecule has 0 spiro atoms. The summed E-state index contributed by atoms with van der Waals surface area (Å²) in [6.45, 7) is 4.20.